The Morgan fingerprint density at radius 1 is 1.43 bits per heavy atom. The molecule has 2 unspecified atom stereocenters. The summed E-state index contributed by atoms with van der Waals surface area (Å²) in [6, 6.07) is 5.92. The van der Waals surface area contributed by atoms with Gasteiger partial charge >= 0.3 is 0 Å². The molecule has 0 aliphatic heterocycles. The number of aliphatic hydroxyl groups is 2. The van der Waals surface area contributed by atoms with Gasteiger partial charge in [-0.1, -0.05) is 25.1 Å². The fraction of sp³-hybridized carbons (Fsp3) is 0.455. The lowest BCUT2D eigenvalue weighted by Crippen LogP contribution is -2.32. The second-order valence-corrected chi connectivity index (χ2v) is 3.63. The van der Waals surface area contributed by atoms with E-state index in [0.717, 1.165) is 0 Å². The second kappa shape index (κ2) is 4.07. The highest BCUT2D eigenvalue weighted by atomic mass is 19.1. The lowest BCUT2D eigenvalue weighted by atomic mass is 9.90. The molecule has 1 aromatic carbocycles. The molecule has 2 atom stereocenters. The van der Waals surface area contributed by atoms with E-state index in [4.69, 9.17) is 0 Å². The summed E-state index contributed by atoms with van der Waals surface area (Å²) in [6.45, 7) is 3.23. The van der Waals surface area contributed by atoms with Crippen LogP contribution in [0.4, 0.5) is 4.39 Å². The maximum atomic E-state index is 13.2. The highest BCUT2D eigenvalue weighted by Crippen LogP contribution is 2.29. The molecule has 0 heterocycles. The van der Waals surface area contributed by atoms with Gasteiger partial charge in [-0.2, -0.15) is 0 Å². The van der Waals surface area contributed by atoms with Crippen LogP contribution in [0.2, 0.25) is 0 Å². The summed E-state index contributed by atoms with van der Waals surface area (Å²) < 4.78 is 13.2. The Bertz CT molecular complexity index is 310. The van der Waals surface area contributed by atoms with Crippen molar-refractivity contribution in [1.29, 1.82) is 0 Å². The summed E-state index contributed by atoms with van der Waals surface area (Å²) in [7, 11) is 0. The van der Waals surface area contributed by atoms with E-state index in [-0.39, 0.29) is 5.56 Å². The molecule has 0 amide bonds. The second-order valence-electron chi connectivity index (χ2n) is 3.63. The average Bonchev–Trinajstić information content (AvgIpc) is 2.17. The molecule has 2 N–H and O–H groups in total. The van der Waals surface area contributed by atoms with Crippen molar-refractivity contribution < 1.29 is 14.6 Å². The highest BCUT2D eigenvalue weighted by Gasteiger charge is 2.31. The molecule has 1 aromatic rings. The summed E-state index contributed by atoms with van der Waals surface area (Å²) in [6.07, 6.45) is -0.823. The van der Waals surface area contributed by atoms with Crippen LogP contribution in [-0.2, 0) is 0 Å². The molecule has 0 aliphatic carbocycles. The molecule has 0 aromatic heterocycles. The van der Waals surface area contributed by atoms with Crippen molar-refractivity contribution in [2.75, 3.05) is 0 Å². The third kappa shape index (κ3) is 2.11. The number of halogens is 1. The SMILES string of the molecule is CCC(C)(O)C(O)c1ccccc1F. The van der Waals surface area contributed by atoms with Crippen molar-refractivity contribution in [3.63, 3.8) is 0 Å². The summed E-state index contributed by atoms with van der Waals surface area (Å²) in [4.78, 5) is 0. The lowest BCUT2D eigenvalue weighted by molar-refractivity contribution is -0.0673. The van der Waals surface area contributed by atoms with Gasteiger partial charge in [0.2, 0.25) is 0 Å². The van der Waals surface area contributed by atoms with E-state index in [2.05, 4.69) is 0 Å². The largest absolute Gasteiger partial charge is 0.387 e. The van der Waals surface area contributed by atoms with Crippen LogP contribution >= 0.6 is 0 Å². The van der Waals surface area contributed by atoms with E-state index >= 15 is 0 Å². The Morgan fingerprint density at radius 2 is 2.00 bits per heavy atom. The summed E-state index contributed by atoms with van der Waals surface area (Å²) in [5.41, 5.74) is -1.15. The summed E-state index contributed by atoms with van der Waals surface area (Å²) in [5, 5.41) is 19.5. The van der Waals surface area contributed by atoms with Gasteiger partial charge < -0.3 is 10.2 Å². The third-order valence-electron chi connectivity index (χ3n) is 2.50. The fourth-order valence-corrected chi connectivity index (χ4v) is 1.23. The van der Waals surface area contributed by atoms with Gasteiger partial charge in [0, 0.05) is 5.56 Å². The molecule has 0 aliphatic rings. The zero-order valence-electron chi connectivity index (χ0n) is 8.37. The van der Waals surface area contributed by atoms with Gasteiger partial charge in [0.15, 0.2) is 0 Å². The normalized spacial score (nSPS) is 17.5. The number of benzene rings is 1. The standard InChI is InChI=1S/C11H15FO2/c1-3-11(2,14)10(13)8-6-4-5-7-9(8)12/h4-7,10,13-14H,3H2,1-2H3. The first-order chi connectivity index (χ1) is 6.49. The van der Waals surface area contributed by atoms with Gasteiger partial charge in [-0.15, -0.1) is 0 Å². The van der Waals surface area contributed by atoms with Gasteiger partial charge in [0.05, 0.1) is 5.60 Å². The monoisotopic (exact) mass is 198 g/mol. The number of rotatable bonds is 3. The van der Waals surface area contributed by atoms with Crippen LogP contribution < -0.4 is 0 Å². The van der Waals surface area contributed by atoms with Gasteiger partial charge in [-0.3, -0.25) is 0 Å². The number of hydrogen-bond acceptors (Lipinski definition) is 2. The summed E-state index contributed by atoms with van der Waals surface area (Å²) in [5.74, 6) is -0.492. The molecular formula is C11H15FO2. The van der Waals surface area contributed by atoms with Crippen LogP contribution in [0.3, 0.4) is 0 Å². The molecular weight excluding hydrogens is 183 g/mol. The first kappa shape index (κ1) is 11.1. The molecule has 0 saturated heterocycles. The van der Waals surface area contributed by atoms with Gasteiger partial charge in [0.25, 0.3) is 0 Å². The minimum atomic E-state index is -1.29. The quantitative estimate of drug-likeness (QED) is 0.780. The van der Waals surface area contributed by atoms with E-state index in [1.54, 1.807) is 19.1 Å². The number of hydrogen-bond donors (Lipinski definition) is 2. The highest BCUT2D eigenvalue weighted by molar-refractivity contribution is 5.22. The van der Waals surface area contributed by atoms with Crippen molar-refractivity contribution in [3.05, 3.63) is 35.6 Å². The zero-order chi connectivity index (χ0) is 10.8. The van der Waals surface area contributed by atoms with Crippen LogP contribution in [0, 0.1) is 5.82 Å². The summed E-state index contributed by atoms with van der Waals surface area (Å²) >= 11 is 0. The van der Waals surface area contributed by atoms with Crippen molar-refractivity contribution in [2.45, 2.75) is 32.0 Å². The smallest absolute Gasteiger partial charge is 0.129 e. The Kier molecular flexibility index (Phi) is 3.24. The van der Waals surface area contributed by atoms with Crippen molar-refractivity contribution >= 4 is 0 Å². The lowest BCUT2D eigenvalue weighted by Gasteiger charge is -2.28. The average molecular weight is 198 g/mol. The molecule has 0 radical (unpaired) electrons. The predicted octanol–water partition coefficient (Wildman–Crippen LogP) is 2.02. The molecule has 0 spiro atoms. The maximum absolute atomic E-state index is 13.2. The van der Waals surface area contributed by atoms with E-state index in [1.807, 2.05) is 0 Å². The molecule has 1 rings (SSSR count). The van der Waals surface area contributed by atoms with Crippen LogP contribution in [0.25, 0.3) is 0 Å². The molecule has 0 bridgehead atoms. The van der Waals surface area contributed by atoms with E-state index in [0.29, 0.717) is 6.42 Å². The van der Waals surface area contributed by atoms with Crippen LogP contribution in [0.1, 0.15) is 31.9 Å². The molecule has 3 heteroatoms. The minimum Gasteiger partial charge on any atom is -0.387 e. The first-order valence-corrected chi connectivity index (χ1v) is 4.64. The van der Waals surface area contributed by atoms with Crippen LogP contribution in [0.15, 0.2) is 24.3 Å². The Morgan fingerprint density at radius 3 is 2.50 bits per heavy atom. The van der Waals surface area contributed by atoms with Crippen LogP contribution in [-0.4, -0.2) is 15.8 Å². The van der Waals surface area contributed by atoms with Crippen LogP contribution in [0.5, 0.6) is 0 Å². The molecule has 2 nitrogen and oxygen atoms in total. The predicted molar refractivity (Wildman–Crippen MR) is 52.3 cm³/mol. The van der Waals surface area contributed by atoms with Gasteiger partial charge in [-0.25, -0.2) is 4.39 Å². The molecule has 0 fully saturated rings. The number of aliphatic hydroxyl groups excluding tert-OH is 1. The Balaban J connectivity index is 3.00. The van der Waals surface area contributed by atoms with E-state index in [1.165, 1.54) is 19.1 Å². The maximum Gasteiger partial charge on any atom is 0.129 e. The van der Waals surface area contributed by atoms with Crippen molar-refractivity contribution in [2.24, 2.45) is 0 Å². The fourth-order valence-electron chi connectivity index (χ4n) is 1.23. The first-order valence-electron chi connectivity index (χ1n) is 4.64. The Labute approximate surface area is 83.0 Å². The molecule has 78 valence electrons. The Hall–Kier alpha value is -0.930. The third-order valence-corrected chi connectivity index (χ3v) is 2.50. The molecule has 14 heavy (non-hydrogen) atoms. The zero-order valence-corrected chi connectivity index (χ0v) is 8.37. The topological polar surface area (TPSA) is 40.5 Å². The van der Waals surface area contributed by atoms with E-state index in [9.17, 15) is 14.6 Å². The van der Waals surface area contributed by atoms with Gasteiger partial charge in [-0.05, 0) is 19.4 Å². The van der Waals surface area contributed by atoms with E-state index < -0.39 is 17.5 Å². The molecule has 0 saturated carbocycles. The van der Waals surface area contributed by atoms with Crippen molar-refractivity contribution in [1.82, 2.24) is 0 Å². The minimum absolute atomic E-state index is 0.138. The van der Waals surface area contributed by atoms with Gasteiger partial charge in [0.1, 0.15) is 11.9 Å². The van der Waals surface area contributed by atoms with Crippen molar-refractivity contribution in [3.8, 4) is 0 Å².